The fourth-order valence-corrected chi connectivity index (χ4v) is 3.28. The molecule has 0 saturated heterocycles. The van der Waals surface area contributed by atoms with Gasteiger partial charge in [0.2, 0.25) is 5.91 Å². The van der Waals surface area contributed by atoms with Crippen molar-refractivity contribution in [3.8, 4) is 0 Å². The second kappa shape index (κ2) is 10.7. The first kappa shape index (κ1) is 22.5. The van der Waals surface area contributed by atoms with Crippen molar-refractivity contribution in [2.24, 2.45) is 0 Å². The third kappa shape index (κ3) is 6.67. The van der Waals surface area contributed by atoms with Crippen LogP contribution in [0.3, 0.4) is 0 Å². The summed E-state index contributed by atoms with van der Waals surface area (Å²) in [7, 11) is 3.99. The van der Waals surface area contributed by atoms with Crippen LogP contribution in [0.5, 0.6) is 0 Å². The highest BCUT2D eigenvalue weighted by Gasteiger charge is 2.21. The van der Waals surface area contributed by atoms with Gasteiger partial charge in [0.05, 0.1) is 29.6 Å². The molecular weight excluding hydrogens is 414 g/mol. The number of benzene rings is 2. The summed E-state index contributed by atoms with van der Waals surface area (Å²) in [6, 6.07) is 17.4. The van der Waals surface area contributed by atoms with Crippen LogP contribution in [0.15, 0.2) is 66.9 Å². The molecule has 0 saturated carbocycles. The standard InChI is InChI=1S/C23H26ClN5O2/c1-28(2)14-15-29-13-12-21(27-29)26-22(30)16-20(17-8-4-3-5-9-17)25-23(31)18-10-6-7-11-19(18)24/h3-13,20H,14-16H2,1-2H3,(H,25,31)(H,26,27,30). The number of amides is 2. The molecule has 1 unspecified atom stereocenters. The molecule has 1 aromatic heterocycles. The topological polar surface area (TPSA) is 79.3 Å². The zero-order chi connectivity index (χ0) is 22.2. The monoisotopic (exact) mass is 439 g/mol. The lowest BCUT2D eigenvalue weighted by Crippen LogP contribution is -2.31. The molecule has 0 aliphatic heterocycles. The summed E-state index contributed by atoms with van der Waals surface area (Å²) in [6.45, 7) is 1.57. The number of nitrogens with zero attached hydrogens (tertiary/aromatic N) is 3. The van der Waals surface area contributed by atoms with E-state index in [0.717, 1.165) is 18.7 Å². The van der Waals surface area contributed by atoms with Crippen LogP contribution in [-0.4, -0.2) is 47.1 Å². The predicted molar refractivity (Wildman–Crippen MR) is 122 cm³/mol. The van der Waals surface area contributed by atoms with E-state index >= 15 is 0 Å². The number of rotatable bonds is 9. The number of hydrogen-bond donors (Lipinski definition) is 2. The first-order valence-electron chi connectivity index (χ1n) is 10.0. The van der Waals surface area contributed by atoms with Crippen LogP contribution in [0.2, 0.25) is 5.02 Å². The van der Waals surface area contributed by atoms with Crippen LogP contribution in [0.25, 0.3) is 0 Å². The van der Waals surface area contributed by atoms with Crippen LogP contribution >= 0.6 is 11.6 Å². The molecule has 0 radical (unpaired) electrons. The van der Waals surface area contributed by atoms with E-state index in [1.54, 1.807) is 35.0 Å². The van der Waals surface area contributed by atoms with E-state index in [0.29, 0.717) is 16.4 Å². The third-order valence-electron chi connectivity index (χ3n) is 4.70. The van der Waals surface area contributed by atoms with Gasteiger partial charge in [0.15, 0.2) is 5.82 Å². The third-order valence-corrected chi connectivity index (χ3v) is 5.03. The highest BCUT2D eigenvalue weighted by atomic mass is 35.5. The number of carbonyl (C=O) groups is 2. The van der Waals surface area contributed by atoms with Gasteiger partial charge < -0.3 is 15.5 Å². The summed E-state index contributed by atoms with van der Waals surface area (Å²) >= 11 is 6.16. The van der Waals surface area contributed by atoms with E-state index in [1.807, 2.05) is 50.6 Å². The van der Waals surface area contributed by atoms with Crippen molar-refractivity contribution in [2.75, 3.05) is 26.0 Å². The maximum atomic E-state index is 12.8. The van der Waals surface area contributed by atoms with Crippen LogP contribution in [0, 0.1) is 0 Å². The lowest BCUT2D eigenvalue weighted by atomic mass is 10.0. The van der Waals surface area contributed by atoms with E-state index in [4.69, 9.17) is 11.6 Å². The fourth-order valence-electron chi connectivity index (χ4n) is 3.05. The van der Waals surface area contributed by atoms with Crippen molar-refractivity contribution in [3.05, 3.63) is 83.0 Å². The number of halogens is 1. The summed E-state index contributed by atoms with van der Waals surface area (Å²) in [5.41, 5.74) is 1.19. The Morgan fingerprint density at radius 2 is 1.77 bits per heavy atom. The Bertz CT molecular complexity index is 1020. The van der Waals surface area contributed by atoms with Crippen LogP contribution in [-0.2, 0) is 11.3 Å². The van der Waals surface area contributed by atoms with E-state index in [-0.39, 0.29) is 18.2 Å². The molecule has 0 bridgehead atoms. The number of likely N-dealkylation sites (N-methyl/N-ethyl adjacent to an activating group) is 1. The zero-order valence-corrected chi connectivity index (χ0v) is 18.3. The van der Waals surface area contributed by atoms with Gasteiger partial charge in [-0.1, -0.05) is 54.1 Å². The Kier molecular flexibility index (Phi) is 7.81. The summed E-state index contributed by atoms with van der Waals surface area (Å²) in [6.07, 6.45) is 1.89. The molecule has 8 heteroatoms. The minimum absolute atomic E-state index is 0.0603. The largest absolute Gasteiger partial charge is 0.345 e. The molecule has 31 heavy (non-hydrogen) atoms. The van der Waals surface area contributed by atoms with Gasteiger partial charge in [-0.3, -0.25) is 14.3 Å². The number of anilines is 1. The molecule has 162 valence electrons. The maximum Gasteiger partial charge on any atom is 0.253 e. The molecule has 7 nitrogen and oxygen atoms in total. The van der Waals surface area contributed by atoms with Gasteiger partial charge in [-0.05, 0) is 31.8 Å². The predicted octanol–water partition coefficient (Wildman–Crippen LogP) is 3.60. The van der Waals surface area contributed by atoms with Crippen molar-refractivity contribution >= 4 is 29.2 Å². The van der Waals surface area contributed by atoms with Gasteiger partial charge in [0, 0.05) is 18.8 Å². The van der Waals surface area contributed by atoms with Gasteiger partial charge in [0.1, 0.15) is 0 Å². The van der Waals surface area contributed by atoms with Crippen molar-refractivity contribution in [1.82, 2.24) is 20.0 Å². The molecule has 0 fully saturated rings. The first-order chi connectivity index (χ1) is 14.9. The van der Waals surface area contributed by atoms with Crippen LogP contribution in [0.1, 0.15) is 28.4 Å². The van der Waals surface area contributed by atoms with E-state index in [2.05, 4.69) is 20.6 Å². The van der Waals surface area contributed by atoms with E-state index < -0.39 is 6.04 Å². The smallest absolute Gasteiger partial charge is 0.253 e. The SMILES string of the molecule is CN(C)CCn1ccc(NC(=O)CC(NC(=O)c2ccccc2Cl)c2ccccc2)n1. The summed E-state index contributed by atoms with van der Waals surface area (Å²) in [5, 5.41) is 10.5. The Morgan fingerprint density at radius 1 is 1.06 bits per heavy atom. The quantitative estimate of drug-likeness (QED) is 0.534. The molecule has 0 aliphatic rings. The number of carbonyl (C=O) groups excluding carboxylic acids is 2. The molecule has 2 amide bonds. The molecule has 3 rings (SSSR count). The average Bonchev–Trinajstić information content (AvgIpc) is 3.19. The molecule has 0 aliphatic carbocycles. The minimum atomic E-state index is -0.513. The van der Waals surface area contributed by atoms with E-state index in [9.17, 15) is 9.59 Å². The summed E-state index contributed by atoms with van der Waals surface area (Å²) < 4.78 is 1.78. The molecule has 3 aromatic rings. The average molecular weight is 440 g/mol. The number of aromatic nitrogens is 2. The van der Waals surface area contributed by atoms with Crippen molar-refractivity contribution in [3.63, 3.8) is 0 Å². The molecular formula is C23H26ClN5O2. The normalized spacial score (nSPS) is 11.9. The van der Waals surface area contributed by atoms with Crippen LogP contribution < -0.4 is 10.6 Å². The minimum Gasteiger partial charge on any atom is -0.345 e. The first-order valence-corrected chi connectivity index (χ1v) is 10.4. The molecule has 0 spiro atoms. The Labute approximate surface area is 187 Å². The van der Waals surface area contributed by atoms with Crippen molar-refractivity contribution in [1.29, 1.82) is 0 Å². The lowest BCUT2D eigenvalue weighted by molar-refractivity contribution is -0.116. The van der Waals surface area contributed by atoms with Crippen molar-refractivity contribution < 1.29 is 9.59 Å². The zero-order valence-electron chi connectivity index (χ0n) is 17.6. The molecule has 1 heterocycles. The second-order valence-electron chi connectivity index (χ2n) is 7.44. The van der Waals surface area contributed by atoms with Gasteiger partial charge in [-0.2, -0.15) is 5.10 Å². The fraction of sp³-hybridized carbons (Fsp3) is 0.261. The highest BCUT2D eigenvalue weighted by Crippen LogP contribution is 2.21. The molecule has 1 atom stereocenters. The summed E-state index contributed by atoms with van der Waals surface area (Å²) in [4.78, 5) is 27.5. The van der Waals surface area contributed by atoms with Gasteiger partial charge in [-0.15, -0.1) is 0 Å². The van der Waals surface area contributed by atoms with Crippen molar-refractivity contribution in [2.45, 2.75) is 19.0 Å². The highest BCUT2D eigenvalue weighted by molar-refractivity contribution is 6.33. The maximum absolute atomic E-state index is 12.8. The van der Waals surface area contributed by atoms with Gasteiger partial charge in [0.25, 0.3) is 5.91 Å². The number of nitrogens with one attached hydrogen (secondary N) is 2. The van der Waals surface area contributed by atoms with E-state index in [1.165, 1.54) is 0 Å². The Balaban J connectivity index is 1.68. The van der Waals surface area contributed by atoms with Gasteiger partial charge >= 0.3 is 0 Å². The molecule has 2 aromatic carbocycles. The summed E-state index contributed by atoms with van der Waals surface area (Å²) in [5.74, 6) is -0.0978. The Hall–Kier alpha value is -3.16. The number of hydrogen-bond acceptors (Lipinski definition) is 4. The van der Waals surface area contributed by atoms with Crippen LogP contribution in [0.4, 0.5) is 5.82 Å². The second-order valence-corrected chi connectivity index (χ2v) is 7.84. The molecule has 2 N–H and O–H groups in total. The lowest BCUT2D eigenvalue weighted by Gasteiger charge is -2.19. The van der Waals surface area contributed by atoms with Gasteiger partial charge in [-0.25, -0.2) is 0 Å². The Morgan fingerprint density at radius 3 is 2.48 bits per heavy atom.